The van der Waals surface area contributed by atoms with Crippen LogP contribution in [0, 0.1) is 11.3 Å². The Morgan fingerprint density at radius 1 is 1.28 bits per heavy atom. The highest BCUT2D eigenvalue weighted by Crippen LogP contribution is 2.18. The molecule has 0 aliphatic carbocycles. The predicted octanol–water partition coefficient (Wildman–Crippen LogP) is 1.80. The highest BCUT2D eigenvalue weighted by Gasteiger charge is 2.28. The van der Waals surface area contributed by atoms with E-state index in [4.69, 9.17) is 5.26 Å². The van der Waals surface area contributed by atoms with Gasteiger partial charge in [-0.15, -0.1) is 0 Å². The van der Waals surface area contributed by atoms with Crippen molar-refractivity contribution in [1.29, 1.82) is 5.26 Å². The molecule has 2 heterocycles. The lowest BCUT2D eigenvalue weighted by Crippen LogP contribution is -2.21. The van der Waals surface area contributed by atoms with E-state index in [2.05, 4.69) is 15.6 Å². The predicted molar refractivity (Wildman–Crippen MR) is 94.0 cm³/mol. The van der Waals surface area contributed by atoms with Crippen molar-refractivity contribution in [3.05, 3.63) is 53.7 Å². The number of nitriles is 1. The van der Waals surface area contributed by atoms with Crippen LogP contribution >= 0.6 is 0 Å². The monoisotopic (exact) mass is 356 g/mol. The standard InChI is InChI=1S/C17H16N4O3S/c18-10-13-3-1-2-4-15(13)21-17(22)12-5-7-19-16(9-12)20-14-6-8-25(23,24)11-14/h1-5,7,9,14H,6,8,11H2,(H,19,20)(H,21,22). The Labute approximate surface area is 145 Å². The number of carbonyl (C=O) groups excluding carboxylic acids is 1. The first-order valence-corrected chi connectivity index (χ1v) is 9.52. The molecule has 1 saturated heterocycles. The molecule has 128 valence electrons. The maximum atomic E-state index is 12.4. The van der Waals surface area contributed by atoms with Crippen molar-refractivity contribution in [1.82, 2.24) is 4.98 Å². The van der Waals surface area contributed by atoms with Gasteiger partial charge >= 0.3 is 0 Å². The fourth-order valence-electron chi connectivity index (χ4n) is 2.65. The number of rotatable bonds is 4. The van der Waals surface area contributed by atoms with Gasteiger partial charge in [0.05, 0.1) is 22.8 Å². The SMILES string of the molecule is N#Cc1ccccc1NC(=O)c1ccnc(NC2CCS(=O)(=O)C2)c1. The van der Waals surface area contributed by atoms with Crippen molar-refractivity contribution < 1.29 is 13.2 Å². The van der Waals surface area contributed by atoms with Gasteiger partial charge in [0.25, 0.3) is 5.91 Å². The van der Waals surface area contributed by atoms with Gasteiger partial charge in [-0.1, -0.05) is 12.1 Å². The van der Waals surface area contributed by atoms with E-state index in [1.807, 2.05) is 6.07 Å². The van der Waals surface area contributed by atoms with Gasteiger partial charge in [-0.25, -0.2) is 13.4 Å². The van der Waals surface area contributed by atoms with E-state index < -0.39 is 9.84 Å². The molecular weight excluding hydrogens is 340 g/mol. The molecule has 1 aliphatic heterocycles. The molecule has 1 unspecified atom stereocenters. The van der Waals surface area contributed by atoms with E-state index >= 15 is 0 Å². The highest BCUT2D eigenvalue weighted by molar-refractivity contribution is 7.91. The fraction of sp³-hybridized carbons (Fsp3) is 0.235. The van der Waals surface area contributed by atoms with Crippen LogP contribution in [0.15, 0.2) is 42.6 Å². The van der Waals surface area contributed by atoms with Gasteiger partial charge in [0.15, 0.2) is 9.84 Å². The van der Waals surface area contributed by atoms with Crippen molar-refractivity contribution in [2.24, 2.45) is 0 Å². The van der Waals surface area contributed by atoms with E-state index in [1.165, 1.54) is 6.20 Å². The Bertz CT molecular complexity index is 950. The molecule has 2 N–H and O–H groups in total. The largest absolute Gasteiger partial charge is 0.366 e. The Morgan fingerprint density at radius 2 is 2.08 bits per heavy atom. The second-order valence-electron chi connectivity index (χ2n) is 5.79. The number of pyridine rings is 1. The van der Waals surface area contributed by atoms with Crippen LogP contribution in [0.5, 0.6) is 0 Å². The molecule has 1 atom stereocenters. The smallest absolute Gasteiger partial charge is 0.255 e. The van der Waals surface area contributed by atoms with Gasteiger partial charge in [0, 0.05) is 17.8 Å². The van der Waals surface area contributed by atoms with Crippen molar-refractivity contribution >= 4 is 27.2 Å². The maximum Gasteiger partial charge on any atom is 0.255 e. The first-order valence-electron chi connectivity index (χ1n) is 7.70. The average molecular weight is 356 g/mol. The number of anilines is 2. The van der Waals surface area contributed by atoms with E-state index in [9.17, 15) is 13.2 Å². The second-order valence-corrected chi connectivity index (χ2v) is 8.01. The molecule has 1 aliphatic rings. The fourth-order valence-corrected chi connectivity index (χ4v) is 4.33. The van der Waals surface area contributed by atoms with Crippen molar-refractivity contribution in [2.75, 3.05) is 22.1 Å². The van der Waals surface area contributed by atoms with E-state index in [-0.39, 0.29) is 23.5 Å². The molecule has 2 aromatic rings. The summed E-state index contributed by atoms with van der Waals surface area (Å²) in [6.45, 7) is 0. The normalized spacial score (nSPS) is 18.3. The molecule has 0 bridgehead atoms. The second kappa shape index (κ2) is 6.91. The molecule has 0 spiro atoms. The molecule has 0 radical (unpaired) electrons. The zero-order valence-corrected chi connectivity index (χ0v) is 14.1. The van der Waals surface area contributed by atoms with Gasteiger partial charge in [0.1, 0.15) is 11.9 Å². The molecule has 1 aromatic heterocycles. The Morgan fingerprint density at radius 3 is 2.80 bits per heavy atom. The third-order valence-electron chi connectivity index (χ3n) is 3.90. The molecule has 1 amide bonds. The summed E-state index contributed by atoms with van der Waals surface area (Å²) < 4.78 is 23.0. The summed E-state index contributed by atoms with van der Waals surface area (Å²) in [5.41, 5.74) is 1.17. The summed E-state index contributed by atoms with van der Waals surface area (Å²) in [4.78, 5) is 16.5. The molecular formula is C17H16N4O3S. The third kappa shape index (κ3) is 4.14. The van der Waals surface area contributed by atoms with Crippen LogP contribution in [-0.2, 0) is 9.84 Å². The number of amides is 1. The summed E-state index contributed by atoms with van der Waals surface area (Å²) in [5, 5.41) is 14.8. The van der Waals surface area contributed by atoms with Crippen molar-refractivity contribution in [3.63, 3.8) is 0 Å². The number of carbonyl (C=O) groups is 1. The minimum atomic E-state index is -2.99. The van der Waals surface area contributed by atoms with Crippen LogP contribution < -0.4 is 10.6 Å². The van der Waals surface area contributed by atoms with Gasteiger partial charge in [0.2, 0.25) is 0 Å². The number of para-hydroxylation sites is 1. The Balaban J connectivity index is 1.73. The van der Waals surface area contributed by atoms with Crippen LogP contribution in [-0.4, -0.2) is 36.9 Å². The number of sulfone groups is 1. The number of nitrogens with one attached hydrogen (secondary N) is 2. The van der Waals surface area contributed by atoms with Crippen LogP contribution in [0.3, 0.4) is 0 Å². The minimum absolute atomic E-state index is 0.0701. The average Bonchev–Trinajstić information content (AvgIpc) is 2.94. The molecule has 3 rings (SSSR count). The zero-order valence-electron chi connectivity index (χ0n) is 13.3. The number of aromatic nitrogens is 1. The van der Waals surface area contributed by atoms with Crippen LogP contribution in [0.2, 0.25) is 0 Å². The van der Waals surface area contributed by atoms with Crippen LogP contribution in [0.25, 0.3) is 0 Å². The Kier molecular flexibility index (Phi) is 4.67. The number of hydrogen-bond donors (Lipinski definition) is 2. The molecule has 8 heteroatoms. The van der Waals surface area contributed by atoms with Gasteiger partial charge in [-0.3, -0.25) is 4.79 Å². The minimum Gasteiger partial charge on any atom is -0.366 e. The Hall–Kier alpha value is -2.92. The van der Waals surface area contributed by atoms with Crippen molar-refractivity contribution in [2.45, 2.75) is 12.5 Å². The van der Waals surface area contributed by atoms with E-state index in [0.29, 0.717) is 29.1 Å². The highest BCUT2D eigenvalue weighted by atomic mass is 32.2. The number of hydrogen-bond acceptors (Lipinski definition) is 6. The molecule has 0 saturated carbocycles. The summed E-state index contributed by atoms with van der Waals surface area (Å²) in [6.07, 6.45) is 2.01. The lowest BCUT2D eigenvalue weighted by molar-refractivity contribution is 0.102. The topological polar surface area (TPSA) is 112 Å². The zero-order chi connectivity index (χ0) is 17.9. The summed E-state index contributed by atoms with van der Waals surface area (Å²) in [5.74, 6) is 0.312. The molecule has 1 aromatic carbocycles. The first kappa shape index (κ1) is 16.9. The van der Waals surface area contributed by atoms with Gasteiger partial charge in [-0.05, 0) is 30.7 Å². The molecule has 7 nitrogen and oxygen atoms in total. The maximum absolute atomic E-state index is 12.4. The lowest BCUT2D eigenvalue weighted by Gasteiger charge is -2.12. The summed E-state index contributed by atoms with van der Waals surface area (Å²) in [6, 6.07) is 11.7. The molecule has 25 heavy (non-hydrogen) atoms. The summed E-state index contributed by atoms with van der Waals surface area (Å²) >= 11 is 0. The third-order valence-corrected chi connectivity index (χ3v) is 5.67. The van der Waals surface area contributed by atoms with Crippen LogP contribution in [0.1, 0.15) is 22.3 Å². The van der Waals surface area contributed by atoms with Crippen LogP contribution in [0.4, 0.5) is 11.5 Å². The molecule has 1 fully saturated rings. The lowest BCUT2D eigenvalue weighted by atomic mass is 10.1. The number of benzene rings is 1. The number of nitrogens with zero attached hydrogens (tertiary/aromatic N) is 2. The van der Waals surface area contributed by atoms with Crippen molar-refractivity contribution in [3.8, 4) is 6.07 Å². The van der Waals surface area contributed by atoms with E-state index in [1.54, 1.807) is 36.4 Å². The van der Waals surface area contributed by atoms with E-state index in [0.717, 1.165) is 0 Å². The summed E-state index contributed by atoms with van der Waals surface area (Å²) in [7, 11) is -2.99. The van der Waals surface area contributed by atoms with Gasteiger partial charge < -0.3 is 10.6 Å². The first-order chi connectivity index (χ1) is 12.0. The quantitative estimate of drug-likeness (QED) is 0.864. The van der Waals surface area contributed by atoms with Gasteiger partial charge in [-0.2, -0.15) is 5.26 Å².